The summed E-state index contributed by atoms with van der Waals surface area (Å²) >= 11 is 0. The normalized spacial score (nSPS) is 21.6. The van der Waals surface area contributed by atoms with Crippen molar-refractivity contribution in [2.75, 3.05) is 62.7 Å². The second kappa shape index (κ2) is 11.4. The van der Waals surface area contributed by atoms with Crippen LogP contribution in [0.3, 0.4) is 0 Å². The SMILES string of the molecule is N#Cc1cc(-c2nccc(Nc3ccc(N4CCN(C5COC5)CC4)cc3)n2)ccc1O[C@@H]1CCN(C(=O)C2(O)CC2)C1. The number of piperazine rings is 1. The largest absolute Gasteiger partial charge is 0.487 e. The first-order valence-electron chi connectivity index (χ1n) is 15.0. The zero-order valence-electron chi connectivity index (χ0n) is 24.0. The lowest BCUT2D eigenvalue weighted by atomic mass is 10.1. The molecule has 1 aliphatic carbocycles. The van der Waals surface area contributed by atoms with Crippen LogP contribution in [-0.4, -0.2) is 101 Å². The number of nitrogens with one attached hydrogen (secondary N) is 1. The Morgan fingerprint density at radius 2 is 1.86 bits per heavy atom. The highest BCUT2D eigenvalue weighted by molar-refractivity contribution is 5.88. The molecule has 2 N–H and O–H groups in total. The second-order valence-electron chi connectivity index (χ2n) is 11.8. The minimum atomic E-state index is -1.18. The highest BCUT2D eigenvalue weighted by atomic mass is 16.5. The van der Waals surface area contributed by atoms with Gasteiger partial charge in [0.1, 0.15) is 29.3 Å². The lowest BCUT2D eigenvalue weighted by Gasteiger charge is -2.43. The number of nitriles is 1. The van der Waals surface area contributed by atoms with Crippen LogP contribution in [0.4, 0.5) is 17.2 Å². The molecule has 11 heteroatoms. The van der Waals surface area contributed by atoms with E-state index in [1.165, 1.54) is 5.69 Å². The number of hydrogen-bond donors (Lipinski definition) is 2. The second-order valence-corrected chi connectivity index (χ2v) is 11.8. The molecule has 0 radical (unpaired) electrons. The van der Waals surface area contributed by atoms with Crippen molar-refractivity contribution in [2.45, 2.75) is 37.0 Å². The summed E-state index contributed by atoms with van der Waals surface area (Å²) in [7, 11) is 0. The zero-order valence-corrected chi connectivity index (χ0v) is 24.0. The fraction of sp³-hybridized carbons (Fsp3) is 0.438. The fourth-order valence-corrected chi connectivity index (χ4v) is 5.92. The van der Waals surface area contributed by atoms with E-state index in [1.54, 1.807) is 23.2 Å². The number of aromatic nitrogens is 2. The number of carbonyl (C=O) groups excluding carboxylic acids is 1. The molecular weight excluding hydrogens is 546 g/mol. The third-order valence-corrected chi connectivity index (χ3v) is 8.82. The number of anilines is 3. The Balaban J connectivity index is 0.973. The molecule has 1 atom stereocenters. The predicted molar refractivity (Wildman–Crippen MR) is 160 cm³/mol. The summed E-state index contributed by atoms with van der Waals surface area (Å²) in [6.45, 7) is 6.80. The van der Waals surface area contributed by atoms with Gasteiger partial charge in [-0.2, -0.15) is 5.26 Å². The Morgan fingerprint density at radius 3 is 2.56 bits per heavy atom. The number of ether oxygens (including phenoxy) is 2. The summed E-state index contributed by atoms with van der Waals surface area (Å²) in [5, 5.41) is 23.4. The first-order chi connectivity index (χ1) is 21.0. The predicted octanol–water partition coefficient (Wildman–Crippen LogP) is 2.78. The number of nitrogens with zero attached hydrogens (tertiary/aromatic N) is 6. The van der Waals surface area contributed by atoms with Crippen molar-refractivity contribution < 1.29 is 19.4 Å². The molecule has 4 aliphatic rings. The number of carbonyl (C=O) groups is 1. The Bertz CT molecular complexity index is 1530. The van der Waals surface area contributed by atoms with Crippen molar-refractivity contribution in [3.05, 3.63) is 60.3 Å². The first-order valence-corrected chi connectivity index (χ1v) is 15.0. The molecule has 2 aromatic carbocycles. The monoisotopic (exact) mass is 581 g/mol. The summed E-state index contributed by atoms with van der Waals surface area (Å²) < 4.78 is 11.5. The van der Waals surface area contributed by atoms with Crippen molar-refractivity contribution in [1.29, 1.82) is 5.26 Å². The van der Waals surface area contributed by atoms with E-state index >= 15 is 0 Å². The molecule has 43 heavy (non-hydrogen) atoms. The van der Waals surface area contributed by atoms with Gasteiger partial charge in [-0.1, -0.05) is 0 Å². The van der Waals surface area contributed by atoms with Crippen LogP contribution in [0.2, 0.25) is 0 Å². The van der Waals surface area contributed by atoms with Gasteiger partial charge < -0.3 is 29.7 Å². The minimum Gasteiger partial charge on any atom is -0.487 e. The van der Waals surface area contributed by atoms with E-state index in [9.17, 15) is 15.2 Å². The maximum atomic E-state index is 12.5. The molecule has 4 heterocycles. The number of benzene rings is 2. The average Bonchev–Trinajstić information content (AvgIpc) is 3.60. The van der Waals surface area contributed by atoms with Gasteiger partial charge in [0.15, 0.2) is 5.82 Å². The summed E-state index contributed by atoms with van der Waals surface area (Å²) in [5.41, 5.74) is 2.04. The minimum absolute atomic E-state index is 0.218. The smallest absolute Gasteiger partial charge is 0.254 e. The molecular formula is C32H35N7O4. The lowest BCUT2D eigenvalue weighted by Crippen LogP contribution is -2.56. The van der Waals surface area contributed by atoms with E-state index in [0.29, 0.717) is 66.9 Å². The number of amides is 1. The molecule has 1 saturated carbocycles. The van der Waals surface area contributed by atoms with Crippen molar-refractivity contribution in [3.63, 3.8) is 0 Å². The zero-order chi connectivity index (χ0) is 29.4. The van der Waals surface area contributed by atoms with Gasteiger partial charge in [-0.05, 0) is 61.4 Å². The fourth-order valence-electron chi connectivity index (χ4n) is 5.92. The van der Waals surface area contributed by atoms with E-state index in [4.69, 9.17) is 9.47 Å². The van der Waals surface area contributed by atoms with Crippen molar-refractivity contribution in [1.82, 2.24) is 19.8 Å². The molecule has 222 valence electrons. The standard InChI is InChI=1S/C32H35N7O4/c33-18-23-17-22(1-6-28(23)43-27-8-12-39(19-27)31(40)32(41)9-10-32)30-34-11-7-29(36-30)35-24-2-4-25(5-3-24)37-13-15-38(16-14-37)26-20-42-21-26/h1-7,11,17,26-27,41H,8-10,12-16,19-21H2,(H,34,35,36)/t27-/m1/s1. The van der Waals surface area contributed by atoms with Gasteiger partial charge >= 0.3 is 0 Å². The van der Waals surface area contributed by atoms with Gasteiger partial charge in [0.2, 0.25) is 0 Å². The molecule has 3 saturated heterocycles. The molecule has 11 nitrogen and oxygen atoms in total. The highest BCUT2D eigenvalue weighted by Gasteiger charge is 2.51. The van der Waals surface area contributed by atoms with E-state index in [0.717, 1.165) is 45.1 Å². The Labute approximate surface area is 250 Å². The number of likely N-dealkylation sites (tertiary alicyclic amines) is 1. The molecule has 1 aromatic heterocycles. The maximum Gasteiger partial charge on any atom is 0.254 e. The van der Waals surface area contributed by atoms with Gasteiger partial charge in [0, 0.05) is 62.3 Å². The number of hydrogen-bond acceptors (Lipinski definition) is 10. The number of rotatable bonds is 8. The van der Waals surface area contributed by atoms with Gasteiger partial charge in [0.25, 0.3) is 5.91 Å². The molecule has 0 bridgehead atoms. The molecule has 7 rings (SSSR count). The quantitative estimate of drug-likeness (QED) is 0.410. The highest BCUT2D eigenvalue weighted by Crippen LogP contribution is 2.38. The van der Waals surface area contributed by atoms with E-state index in [2.05, 4.69) is 55.4 Å². The molecule has 3 aliphatic heterocycles. The van der Waals surface area contributed by atoms with Crippen molar-refractivity contribution in [3.8, 4) is 23.2 Å². The summed E-state index contributed by atoms with van der Waals surface area (Å²) in [6.07, 6.45) is 3.16. The summed E-state index contributed by atoms with van der Waals surface area (Å²) in [5.74, 6) is 1.39. The third-order valence-electron chi connectivity index (χ3n) is 8.82. The van der Waals surface area contributed by atoms with Crippen LogP contribution in [0.15, 0.2) is 54.7 Å². The van der Waals surface area contributed by atoms with E-state index < -0.39 is 5.60 Å². The summed E-state index contributed by atoms with van der Waals surface area (Å²) in [6, 6.07) is 18.3. The Morgan fingerprint density at radius 1 is 1.07 bits per heavy atom. The third kappa shape index (κ3) is 5.86. The topological polar surface area (TPSA) is 127 Å². The van der Waals surface area contributed by atoms with Crippen LogP contribution < -0.4 is 15.0 Å². The molecule has 3 aromatic rings. The van der Waals surface area contributed by atoms with Crippen LogP contribution in [0.25, 0.3) is 11.4 Å². The molecule has 1 amide bonds. The van der Waals surface area contributed by atoms with Crippen molar-refractivity contribution >= 4 is 23.1 Å². The molecule has 4 fully saturated rings. The van der Waals surface area contributed by atoms with E-state index in [1.807, 2.05) is 12.1 Å². The molecule has 0 spiro atoms. The molecule has 0 unspecified atom stereocenters. The Hall–Kier alpha value is -4.24. The lowest BCUT2D eigenvalue weighted by molar-refractivity contribution is -0.141. The van der Waals surface area contributed by atoms with Crippen LogP contribution in [0.1, 0.15) is 24.8 Å². The van der Waals surface area contributed by atoms with Crippen LogP contribution in [0, 0.1) is 11.3 Å². The average molecular weight is 582 g/mol. The first kappa shape index (κ1) is 27.6. The Kier molecular flexibility index (Phi) is 7.34. The van der Waals surface area contributed by atoms with Crippen molar-refractivity contribution in [2.24, 2.45) is 0 Å². The van der Waals surface area contributed by atoms with E-state index in [-0.39, 0.29) is 12.0 Å². The van der Waals surface area contributed by atoms with Crippen LogP contribution >= 0.6 is 0 Å². The maximum absolute atomic E-state index is 12.5. The van der Waals surface area contributed by atoms with Gasteiger partial charge in [-0.3, -0.25) is 9.69 Å². The van der Waals surface area contributed by atoms with Crippen LogP contribution in [-0.2, 0) is 9.53 Å². The van der Waals surface area contributed by atoms with Gasteiger partial charge in [0.05, 0.1) is 31.4 Å². The number of aliphatic hydroxyl groups is 1. The van der Waals surface area contributed by atoms with Gasteiger partial charge in [-0.15, -0.1) is 0 Å². The van der Waals surface area contributed by atoms with Gasteiger partial charge in [-0.25, -0.2) is 9.97 Å². The summed E-state index contributed by atoms with van der Waals surface area (Å²) in [4.78, 5) is 28.2. The van der Waals surface area contributed by atoms with Crippen LogP contribution in [0.5, 0.6) is 5.75 Å².